The third-order valence-electron chi connectivity index (χ3n) is 4.09. The highest BCUT2D eigenvalue weighted by Crippen LogP contribution is 2.24. The number of nitrogens with zero attached hydrogens (tertiary/aromatic N) is 3. The maximum Gasteiger partial charge on any atom is 0.291 e. The zero-order chi connectivity index (χ0) is 17.6. The smallest absolute Gasteiger partial charge is 0.291 e. The molecule has 0 aromatic carbocycles. The minimum Gasteiger partial charge on any atom is -0.347 e. The summed E-state index contributed by atoms with van der Waals surface area (Å²) in [7, 11) is 0. The standard InChI is InChI=1S/C17H16N4O2S2/c1-10(14-4-3-6-24-14)18-15(22)9-20-16(23)13-8-12-5-7-25-17(12)21(13)11(2)19-20/h3-8,10H,9H2,1-2H3,(H,18,22). The Morgan fingerprint density at radius 3 is 2.92 bits per heavy atom. The van der Waals surface area contributed by atoms with E-state index in [1.54, 1.807) is 22.7 Å². The normalized spacial score (nSPS) is 12.7. The van der Waals surface area contributed by atoms with Gasteiger partial charge in [-0.1, -0.05) is 6.07 Å². The number of nitrogens with one attached hydrogen (secondary N) is 1. The fourth-order valence-corrected chi connectivity index (χ4v) is 4.62. The first-order valence-electron chi connectivity index (χ1n) is 7.84. The van der Waals surface area contributed by atoms with Crippen LogP contribution in [-0.4, -0.2) is 20.1 Å². The van der Waals surface area contributed by atoms with Gasteiger partial charge in [0.05, 0.1) is 6.04 Å². The molecule has 0 bridgehead atoms. The number of carbonyl (C=O) groups excluding carboxylic acids is 1. The van der Waals surface area contributed by atoms with E-state index in [9.17, 15) is 9.59 Å². The molecular formula is C17H16N4O2S2. The lowest BCUT2D eigenvalue weighted by Crippen LogP contribution is -2.35. The van der Waals surface area contributed by atoms with Gasteiger partial charge >= 0.3 is 0 Å². The fraction of sp³-hybridized carbons (Fsp3) is 0.235. The molecule has 8 heteroatoms. The van der Waals surface area contributed by atoms with E-state index in [1.807, 2.05) is 53.3 Å². The Morgan fingerprint density at radius 1 is 1.32 bits per heavy atom. The van der Waals surface area contributed by atoms with E-state index in [-0.39, 0.29) is 24.1 Å². The third-order valence-corrected chi connectivity index (χ3v) is 6.06. The Kier molecular flexibility index (Phi) is 3.93. The van der Waals surface area contributed by atoms with Crippen molar-refractivity contribution in [2.24, 2.45) is 0 Å². The molecule has 0 saturated carbocycles. The van der Waals surface area contributed by atoms with Crippen molar-refractivity contribution in [2.45, 2.75) is 26.4 Å². The Labute approximate surface area is 151 Å². The van der Waals surface area contributed by atoms with Crippen molar-refractivity contribution in [1.82, 2.24) is 19.5 Å². The SMILES string of the molecule is Cc1nn(CC(=O)NC(C)c2cccs2)c(=O)c2cc3ccsc3n12. The number of fused-ring (bicyclic) bond motifs is 3. The average molecular weight is 372 g/mol. The molecule has 1 amide bonds. The molecular weight excluding hydrogens is 356 g/mol. The summed E-state index contributed by atoms with van der Waals surface area (Å²) in [6.45, 7) is 3.68. The van der Waals surface area contributed by atoms with Crippen LogP contribution in [0.1, 0.15) is 23.7 Å². The van der Waals surface area contributed by atoms with Gasteiger partial charge in [-0.15, -0.1) is 22.7 Å². The number of hydrogen-bond acceptors (Lipinski definition) is 5. The van der Waals surface area contributed by atoms with Crippen molar-refractivity contribution in [3.8, 4) is 0 Å². The molecule has 4 heterocycles. The van der Waals surface area contributed by atoms with Crippen LogP contribution >= 0.6 is 22.7 Å². The number of rotatable bonds is 4. The molecule has 0 radical (unpaired) electrons. The van der Waals surface area contributed by atoms with Crippen molar-refractivity contribution in [3.05, 3.63) is 56.1 Å². The predicted molar refractivity (Wildman–Crippen MR) is 100 cm³/mol. The number of aromatic nitrogens is 3. The van der Waals surface area contributed by atoms with E-state index >= 15 is 0 Å². The highest BCUT2D eigenvalue weighted by atomic mass is 32.1. The summed E-state index contributed by atoms with van der Waals surface area (Å²) in [5.41, 5.74) is 0.293. The fourth-order valence-electron chi connectivity index (χ4n) is 2.94. The van der Waals surface area contributed by atoms with Gasteiger partial charge in [-0.25, -0.2) is 4.68 Å². The van der Waals surface area contributed by atoms with Crippen LogP contribution in [-0.2, 0) is 11.3 Å². The quantitative estimate of drug-likeness (QED) is 0.599. The first-order valence-corrected chi connectivity index (χ1v) is 9.59. The summed E-state index contributed by atoms with van der Waals surface area (Å²) in [4.78, 5) is 27.1. The lowest BCUT2D eigenvalue weighted by molar-refractivity contribution is -0.122. The third kappa shape index (κ3) is 2.77. The Morgan fingerprint density at radius 2 is 2.16 bits per heavy atom. The first kappa shape index (κ1) is 16.0. The van der Waals surface area contributed by atoms with Crippen LogP contribution in [0.4, 0.5) is 0 Å². The van der Waals surface area contributed by atoms with Crippen LogP contribution in [0.25, 0.3) is 15.7 Å². The molecule has 25 heavy (non-hydrogen) atoms. The van der Waals surface area contributed by atoms with Crippen molar-refractivity contribution in [2.75, 3.05) is 0 Å². The van der Waals surface area contributed by atoms with E-state index in [0.717, 1.165) is 15.1 Å². The molecule has 0 aliphatic rings. The lowest BCUT2D eigenvalue weighted by Gasteiger charge is -2.13. The van der Waals surface area contributed by atoms with Crippen LogP contribution in [0.5, 0.6) is 0 Å². The van der Waals surface area contributed by atoms with Gasteiger partial charge in [0.25, 0.3) is 5.56 Å². The highest BCUT2D eigenvalue weighted by molar-refractivity contribution is 7.16. The molecule has 0 aliphatic carbocycles. The Hall–Kier alpha value is -2.45. The van der Waals surface area contributed by atoms with E-state index in [1.165, 1.54) is 4.68 Å². The summed E-state index contributed by atoms with van der Waals surface area (Å²) < 4.78 is 3.09. The van der Waals surface area contributed by atoms with Gasteiger partial charge in [0, 0.05) is 10.3 Å². The molecule has 6 nitrogen and oxygen atoms in total. The minimum atomic E-state index is -0.257. The molecule has 4 rings (SSSR count). The van der Waals surface area contributed by atoms with Crippen LogP contribution in [0, 0.1) is 6.92 Å². The maximum atomic E-state index is 12.7. The van der Waals surface area contributed by atoms with E-state index in [0.29, 0.717) is 11.3 Å². The second kappa shape index (κ2) is 6.12. The number of thiophene rings is 2. The van der Waals surface area contributed by atoms with Crippen molar-refractivity contribution in [1.29, 1.82) is 0 Å². The zero-order valence-corrected chi connectivity index (χ0v) is 15.4. The number of aryl methyl sites for hydroxylation is 1. The number of amides is 1. The molecule has 0 fully saturated rings. The molecule has 1 atom stereocenters. The second-order valence-corrected chi connectivity index (χ2v) is 7.73. The van der Waals surface area contributed by atoms with Crippen LogP contribution in [0.2, 0.25) is 0 Å². The van der Waals surface area contributed by atoms with Crippen molar-refractivity contribution >= 4 is 44.3 Å². The number of hydrogen-bond donors (Lipinski definition) is 1. The highest BCUT2D eigenvalue weighted by Gasteiger charge is 2.16. The summed E-state index contributed by atoms with van der Waals surface area (Å²) in [6, 6.07) is 7.66. The molecule has 1 N–H and O–H groups in total. The van der Waals surface area contributed by atoms with Gasteiger partial charge in [0.2, 0.25) is 5.91 Å². The Balaban J connectivity index is 1.64. The topological polar surface area (TPSA) is 68.4 Å². The second-order valence-electron chi connectivity index (χ2n) is 5.86. The molecule has 0 aliphatic heterocycles. The molecule has 0 spiro atoms. The Bertz CT molecular complexity index is 1120. The zero-order valence-electron chi connectivity index (χ0n) is 13.7. The van der Waals surface area contributed by atoms with E-state index in [4.69, 9.17) is 0 Å². The molecule has 128 valence electrons. The minimum absolute atomic E-state index is 0.0910. The summed E-state index contributed by atoms with van der Waals surface area (Å²) in [5, 5.41) is 12.2. The van der Waals surface area contributed by atoms with Crippen molar-refractivity contribution < 1.29 is 4.79 Å². The summed E-state index contributed by atoms with van der Waals surface area (Å²) in [6.07, 6.45) is 0. The summed E-state index contributed by atoms with van der Waals surface area (Å²) in [5.74, 6) is 0.457. The maximum absolute atomic E-state index is 12.7. The molecule has 0 saturated heterocycles. The summed E-state index contributed by atoms with van der Waals surface area (Å²) >= 11 is 3.16. The van der Waals surface area contributed by atoms with Crippen LogP contribution in [0.3, 0.4) is 0 Å². The molecule has 4 aromatic heterocycles. The number of carbonyl (C=O) groups is 1. The lowest BCUT2D eigenvalue weighted by atomic mass is 10.3. The predicted octanol–water partition coefficient (Wildman–Crippen LogP) is 2.96. The van der Waals surface area contributed by atoms with Gasteiger partial charge in [0.15, 0.2) is 0 Å². The van der Waals surface area contributed by atoms with Gasteiger partial charge in [0.1, 0.15) is 22.7 Å². The van der Waals surface area contributed by atoms with Gasteiger partial charge < -0.3 is 5.32 Å². The van der Waals surface area contributed by atoms with Crippen molar-refractivity contribution in [3.63, 3.8) is 0 Å². The molecule has 1 unspecified atom stereocenters. The largest absolute Gasteiger partial charge is 0.347 e. The van der Waals surface area contributed by atoms with Crippen LogP contribution < -0.4 is 10.9 Å². The first-order chi connectivity index (χ1) is 12.0. The van der Waals surface area contributed by atoms with Gasteiger partial charge in [-0.05, 0) is 42.8 Å². The van der Waals surface area contributed by atoms with Gasteiger partial charge in [-0.3, -0.25) is 14.0 Å². The molecule has 4 aromatic rings. The van der Waals surface area contributed by atoms with Crippen LogP contribution in [0.15, 0.2) is 39.8 Å². The van der Waals surface area contributed by atoms with E-state index in [2.05, 4.69) is 10.4 Å². The monoisotopic (exact) mass is 372 g/mol. The van der Waals surface area contributed by atoms with E-state index < -0.39 is 0 Å². The van der Waals surface area contributed by atoms with Gasteiger partial charge in [-0.2, -0.15) is 5.10 Å². The average Bonchev–Trinajstić information content (AvgIpc) is 3.27.